The van der Waals surface area contributed by atoms with Crippen LogP contribution in [0.25, 0.3) is 0 Å². The molecule has 1 fully saturated rings. The number of benzene rings is 1. The molecule has 2 aromatic rings. The molecular formula is C16H23N5O4S. The predicted molar refractivity (Wildman–Crippen MR) is 93.5 cm³/mol. The Morgan fingerprint density at radius 3 is 2.58 bits per heavy atom. The van der Waals surface area contributed by atoms with Crippen molar-refractivity contribution >= 4 is 10.0 Å². The van der Waals surface area contributed by atoms with Gasteiger partial charge in [0.05, 0.1) is 31.7 Å². The van der Waals surface area contributed by atoms with Crippen LogP contribution in [-0.2, 0) is 16.6 Å². The van der Waals surface area contributed by atoms with Gasteiger partial charge in [0.15, 0.2) is 17.3 Å². The molecule has 26 heavy (non-hydrogen) atoms. The third-order valence-corrected chi connectivity index (χ3v) is 5.97. The molecule has 1 aromatic heterocycles. The average molecular weight is 381 g/mol. The number of hydrogen-bond donors (Lipinski definition) is 1. The first-order chi connectivity index (χ1) is 12.5. The number of hydrogen-bond acceptors (Lipinski definition) is 7. The first kappa shape index (κ1) is 18.6. The van der Waals surface area contributed by atoms with Crippen LogP contribution in [0.1, 0.15) is 44.0 Å². The Morgan fingerprint density at radius 2 is 1.88 bits per heavy atom. The Labute approximate surface area is 152 Å². The van der Waals surface area contributed by atoms with Gasteiger partial charge in [-0.2, -0.15) is 0 Å². The monoisotopic (exact) mass is 381 g/mol. The second-order valence-electron chi connectivity index (χ2n) is 6.17. The molecule has 0 bridgehead atoms. The maximum atomic E-state index is 12.6. The molecule has 3 rings (SSSR count). The number of nitrogens with one attached hydrogen (secondary N) is 1. The van der Waals surface area contributed by atoms with Gasteiger partial charge in [-0.25, -0.2) is 17.8 Å². The van der Waals surface area contributed by atoms with Crippen LogP contribution in [0.15, 0.2) is 23.1 Å². The van der Waals surface area contributed by atoms with Crippen LogP contribution in [-0.4, -0.2) is 42.8 Å². The van der Waals surface area contributed by atoms with Gasteiger partial charge in [0.2, 0.25) is 10.0 Å². The summed E-state index contributed by atoms with van der Waals surface area (Å²) in [6, 6.07) is 4.68. The molecule has 0 radical (unpaired) electrons. The molecule has 9 nitrogen and oxygen atoms in total. The van der Waals surface area contributed by atoms with Gasteiger partial charge in [-0.3, -0.25) is 0 Å². The zero-order valence-corrected chi connectivity index (χ0v) is 15.7. The van der Waals surface area contributed by atoms with E-state index in [0.717, 1.165) is 25.7 Å². The first-order valence-electron chi connectivity index (χ1n) is 8.53. The molecule has 0 amide bonds. The zero-order chi connectivity index (χ0) is 18.6. The lowest BCUT2D eigenvalue weighted by Crippen LogP contribution is -2.26. The number of ether oxygens (including phenoxy) is 2. The van der Waals surface area contributed by atoms with Gasteiger partial charge < -0.3 is 9.47 Å². The van der Waals surface area contributed by atoms with Crippen molar-refractivity contribution in [2.24, 2.45) is 0 Å². The van der Waals surface area contributed by atoms with Crippen LogP contribution in [0.3, 0.4) is 0 Å². The lowest BCUT2D eigenvalue weighted by atomic mass is 9.96. The van der Waals surface area contributed by atoms with E-state index in [1.54, 1.807) is 10.7 Å². The van der Waals surface area contributed by atoms with Crippen molar-refractivity contribution in [3.8, 4) is 11.5 Å². The van der Waals surface area contributed by atoms with Crippen LogP contribution in [0, 0.1) is 0 Å². The summed E-state index contributed by atoms with van der Waals surface area (Å²) < 4.78 is 39.8. The molecule has 10 heteroatoms. The minimum Gasteiger partial charge on any atom is -0.493 e. The molecule has 0 aliphatic heterocycles. The molecule has 1 aliphatic rings. The Hall–Kier alpha value is -2.20. The topological polar surface area (TPSA) is 108 Å². The van der Waals surface area contributed by atoms with Crippen LogP contribution in [0.4, 0.5) is 0 Å². The van der Waals surface area contributed by atoms with Crippen molar-refractivity contribution in [1.82, 2.24) is 24.9 Å². The van der Waals surface area contributed by atoms with Gasteiger partial charge in [-0.15, -0.1) is 5.10 Å². The summed E-state index contributed by atoms with van der Waals surface area (Å²) in [6.45, 7) is 0.0280. The van der Waals surface area contributed by atoms with E-state index in [0.29, 0.717) is 17.3 Å². The lowest BCUT2D eigenvalue weighted by molar-refractivity contribution is 0.316. The second kappa shape index (κ2) is 8.00. The lowest BCUT2D eigenvalue weighted by Gasteiger charge is -2.22. The molecular weight excluding hydrogens is 358 g/mol. The number of aromatic nitrogens is 4. The zero-order valence-electron chi connectivity index (χ0n) is 14.9. The molecule has 0 atom stereocenters. The SMILES string of the molecule is COc1ccc(S(=O)(=O)NCc2nnnn2C2CCCCC2)cc1OC. The minimum atomic E-state index is -3.74. The average Bonchev–Trinajstić information content (AvgIpc) is 3.15. The van der Waals surface area contributed by atoms with E-state index in [9.17, 15) is 8.42 Å². The standard InChI is InChI=1S/C16H23N5O4S/c1-24-14-9-8-13(10-15(14)25-2)26(22,23)17-11-16-18-19-20-21(16)12-6-4-3-5-7-12/h8-10,12,17H,3-7,11H2,1-2H3. The highest BCUT2D eigenvalue weighted by Gasteiger charge is 2.22. The van der Waals surface area contributed by atoms with Crippen molar-refractivity contribution in [2.75, 3.05) is 14.2 Å². The fourth-order valence-corrected chi connectivity index (χ4v) is 4.16. The predicted octanol–water partition coefficient (Wildman–Crippen LogP) is 1.67. The van der Waals surface area contributed by atoms with Gasteiger partial charge in [0, 0.05) is 6.07 Å². The Balaban J connectivity index is 1.74. The maximum absolute atomic E-state index is 12.6. The summed E-state index contributed by atoms with van der Waals surface area (Å²) in [4.78, 5) is 0.0897. The third-order valence-electron chi connectivity index (χ3n) is 4.57. The quantitative estimate of drug-likeness (QED) is 0.777. The molecule has 142 valence electrons. The number of sulfonamides is 1. The Kier molecular flexibility index (Phi) is 5.72. The fourth-order valence-electron chi connectivity index (χ4n) is 3.16. The van der Waals surface area contributed by atoms with Gasteiger partial charge in [-0.05, 0) is 35.4 Å². The number of rotatable bonds is 7. The van der Waals surface area contributed by atoms with E-state index in [2.05, 4.69) is 20.2 Å². The highest BCUT2D eigenvalue weighted by molar-refractivity contribution is 7.89. The van der Waals surface area contributed by atoms with Crippen molar-refractivity contribution in [3.05, 3.63) is 24.0 Å². The second-order valence-corrected chi connectivity index (χ2v) is 7.94. The molecule has 0 spiro atoms. The Morgan fingerprint density at radius 1 is 1.15 bits per heavy atom. The number of nitrogens with zero attached hydrogens (tertiary/aromatic N) is 4. The van der Waals surface area contributed by atoms with E-state index in [1.165, 1.54) is 32.8 Å². The minimum absolute atomic E-state index is 0.0280. The molecule has 1 saturated carbocycles. The van der Waals surface area contributed by atoms with E-state index in [-0.39, 0.29) is 17.5 Å². The largest absolute Gasteiger partial charge is 0.493 e. The van der Waals surface area contributed by atoms with Crippen molar-refractivity contribution in [2.45, 2.75) is 49.6 Å². The first-order valence-corrected chi connectivity index (χ1v) is 10.0. The molecule has 1 aromatic carbocycles. The van der Waals surface area contributed by atoms with Crippen LogP contribution in [0.2, 0.25) is 0 Å². The highest BCUT2D eigenvalue weighted by Crippen LogP contribution is 2.30. The van der Waals surface area contributed by atoms with Crippen molar-refractivity contribution in [3.63, 3.8) is 0 Å². The van der Waals surface area contributed by atoms with Crippen LogP contribution < -0.4 is 14.2 Å². The number of methoxy groups -OCH3 is 2. The molecule has 0 unspecified atom stereocenters. The Bertz CT molecular complexity index is 846. The fraction of sp³-hybridized carbons (Fsp3) is 0.562. The van der Waals surface area contributed by atoms with E-state index < -0.39 is 10.0 Å². The highest BCUT2D eigenvalue weighted by atomic mass is 32.2. The van der Waals surface area contributed by atoms with Crippen molar-refractivity contribution < 1.29 is 17.9 Å². The van der Waals surface area contributed by atoms with Crippen molar-refractivity contribution in [1.29, 1.82) is 0 Å². The summed E-state index contributed by atoms with van der Waals surface area (Å²) in [6.07, 6.45) is 5.53. The maximum Gasteiger partial charge on any atom is 0.241 e. The van der Waals surface area contributed by atoms with Crippen LogP contribution in [0.5, 0.6) is 11.5 Å². The van der Waals surface area contributed by atoms with Gasteiger partial charge in [0.1, 0.15) is 0 Å². The molecule has 1 heterocycles. The van der Waals surface area contributed by atoms with E-state index >= 15 is 0 Å². The summed E-state index contributed by atoms with van der Waals surface area (Å²) >= 11 is 0. The molecule has 0 saturated heterocycles. The summed E-state index contributed by atoms with van der Waals surface area (Å²) in [5.74, 6) is 1.33. The summed E-state index contributed by atoms with van der Waals surface area (Å²) in [7, 11) is -0.782. The summed E-state index contributed by atoms with van der Waals surface area (Å²) in [5, 5.41) is 11.7. The smallest absolute Gasteiger partial charge is 0.241 e. The van der Waals surface area contributed by atoms with E-state index in [1.807, 2.05) is 0 Å². The normalized spacial score (nSPS) is 15.8. The number of tetrazole rings is 1. The molecule has 1 N–H and O–H groups in total. The van der Waals surface area contributed by atoms with E-state index in [4.69, 9.17) is 9.47 Å². The van der Waals surface area contributed by atoms with Crippen LogP contribution >= 0.6 is 0 Å². The van der Waals surface area contributed by atoms with Gasteiger partial charge in [-0.1, -0.05) is 19.3 Å². The third kappa shape index (κ3) is 3.96. The van der Waals surface area contributed by atoms with Gasteiger partial charge in [0.25, 0.3) is 0 Å². The molecule has 1 aliphatic carbocycles. The van der Waals surface area contributed by atoms with Gasteiger partial charge >= 0.3 is 0 Å². The summed E-state index contributed by atoms with van der Waals surface area (Å²) in [5.41, 5.74) is 0.